The molecule has 20 heavy (non-hydrogen) atoms. The van der Waals surface area contributed by atoms with Crippen LogP contribution in [0.25, 0.3) is 0 Å². The van der Waals surface area contributed by atoms with E-state index in [-0.39, 0.29) is 161 Å². The molecule has 0 heterocycles. The molecule has 0 radical (unpaired) electrons. The average molecular weight is 403 g/mol. The Morgan fingerprint density at radius 1 is 0.950 bits per heavy atom. The second-order valence-electron chi connectivity index (χ2n) is 3.99. The van der Waals surface area contributed by atoms with Gasteiger partial charge in [-0.2, -0.15) is 0 Å². The monoisotopic (exact) mass is 403 g/mol. The fourth-order valence-corrected chi connectivity index (χ4v) is 3.08. The molecule has 0 saturated heterocycles. The molecule has 0 fully saturated rings. The van der Waals surface area contributed by atoms with E-state index < -0.39 is 27.8 Å². The average Bonchev–Trinajstić information content (AvgIpc) is 2.06. The van der Waals surface area contributed by atoms with Crippen molar-refractivity contribution < 1.29 is 183 Å². The fraction of sp³-hybridized carbons (Fsp3) is 1.00. The molecule has 0 saturated carbocycles. The van der Waals surface area contributed by atoms with E-state index in [0.717, 1.165) is 24.2 Å². The maximum absolute atomic E-state index is 10.7. The molecule has 0 aliphatic rings. The molecule has 12 heteroatoms. The van der Waals surface area contributed by atoms with Crippen molar-refractivity contribution >= 4 is 15.2 Å². The van der Waals surface area contributed by atoms with Crippen LogP contribution in [0.5, 0.6) is 0 Å². The third-order valence-corrected chi connectivity index (χ3v) is 3.58. The van der Waals surface area contributed by atoms with Crippen LogP contribution in [-0.2, 0) is 9.13 Å². The second kappa shape index (κ2) is 17.6. The van der Waals surface area contributed by atoms with Crippen molar-refractivity contribution in [2.24, 2.45) is 0 Å². The van der Waals surface area contributed by atoms with Crippen LogP contribution in [0.2, 0.25) is 0 Å². The van der Waals surface area contributed by atoms with Gasteiger partial charge in [-0.05, 0) is 13.0 Å². The molecule has 1 unspecified atom stereocenters. The van der Waals surface area contributed by atoms with E-state index in [1.54, 1.807) is 0 Å². The van der Waals surface area contributed by atoms with Gasteiger partial charge in [0.15, 0.2) is 0 Å². The first-order valence-electron chi connectivity index (χ1n) is 5.40. The standard InChI is InChI=1S/C8H21NO6P2.3K/c1-2-3-4-5-6-9(7-16(10,11)12)8-17(13,14)15;;;/h2-8H2,1H3,(H2,10,11,12)(H2,13,14,15);;;/q;3*+1/p-3. The van der Waals surface area contributed by atoms with Crippen LogP contribution in [-0.4, -0.2) is 28.9 Å². The minimum absolute atomic E-state index is 0. The first kappa shape index (κ1) is 32.8. The van der Waals surface area contributed by atoms with Crippen molar-refractivity contribution in [2.75, 3.05) is 19.1 Å². The summed E-state index contributed by atoms with van der Waals surface area (Å²) in [6.07, 6.45) is 1.69. The van der Waals surface area contributed by atoms with E-state index in [0.29, 0.717) is 6.42 Å². The first-order valence-corrected chi connectivity index (χ1v) is 8.89. The summed E-state index contributed by atoms with van der Waals surface area (Å²) >= 11 is 0. The van der Waals surface area contributed by atoms with E-state index >= 15 is 0 Å². The maximum Gasteiger partial charge on any atom is 1.00 e. The van der Waals surface area contributed by atoms with Gasteiger partial charge in [0.1, 0.15) is 7.60 Å². The van der Waals surface area contributed by atoms with E-state index in [1.165, 1.54) is 0 Å². The molecule has 1 atom stereocenters. The van der Waals surface area contributed by atoms with Gasteiger partial charge in [-0.25, -0.2) is 0 Å². The van der Waals surface area contributed by atoms with Crippen LogP contribution in [0, 0.1) is 0 Å². The summed E-state index contributed by atoms with van der Waals surface area (Å²) in [6.45, 7) is 2.17. The van der Waals surface area contributed by atoms with Gasteiger partial charge < -0.3 is 28.7 Å². The van der Waals surface area contributed by atoms with Gasteiger partial charge in [-0.15, -0.1) is 0 Å². The molecule has 0 bridgehead atoms. The molecule has 0 aromatic heterocycles. The third kappa shape index (κ3) is 25.4. The molecule has 0 aliphatic carbocycles. The van der Waals surface area contributed by atoms with Crippen molar-refractivity contribution in [1.29, 1.82) is 0 Å². The molecular weight excluding hydrogens is 385 g/mol. The molecule has 0 aromatic carbocycles. The van der Waals surface area contributed by atoms with Crippen molar-refractivity contribution in [2.45, 2.75) is 32.6 Å². The molecular formula is C8H18K3NO6P2. The summed E-state index contributed by atoms with van der Waals surface area (Å²) in [6, 6.07) is 0. The number of unbranched alkanes of at least 4 members (excludes halogenated alkanes) is 3. The Kier molecular flexibility index (Phi) is 28.8. The Bertz CT molecular complexity index is 287. The zero-order valence-corrected chi connectivity index (χ0v) is 23.9. The van der Waals surface area contributed by atoms with Crippen LogP contribution in [0.1, 0.15) is 32.6 Å². The topological polar surface area (TPSA) is 127 Å². The largest absolute Gasteiger partial charge is 1.00 e. The van der Waals surface area contributed by atoms with Gasteiger partial charge >= 0.3 is 154 Å². The minimum atomic E-state index is -4.81. The van der Waals surface area contributed by atoms with E-state index in [9.17, 15) is 23.8 Å². The summed E-state index contributed by atoms with van der Waals surface area (Å²) in [5.41, 5.74) is 0. The SMILES string of the molecule is CCCCCCN(CP(=O)([O-])[O-])CP(=O)([O-])O.[K+].[K+].[K+]. The minimum Gasteiger partial charge on any atom is -0.810 e. The molecule has 0 aromatic rings. The van der Waals surface area contributed by atoms with Crippen LogP contribution in [0.3, 0.4) is 0 Å². The summed E-state index contributed by atoms with van der Waals surface area (Å²) < 4.78 is 21.2. The normalized spacial score (nSPS) is 13.7. The molecule has 0 aliphatic heterocycles. The van der Waals surface area contributed by atoms with Crippen LogP contribution < -0.4 is 169 Å². The van der Waals surface area contributed by atoms with Crippen molar-refractivity contribution in [3.63, 3.8) is 0 Å². The predicted octanol–water partition coefficient (Wildman–Crippen LogP) is -9.74. The maximum atomic E-state index is 10.7. The summed E-state index contributed by atoms with van der Waals surface area (Å²) in [7, 11) is -9.40. The first-order chi connectivity index (χ1) is 7.64. The number of hydrogen-bond donors (Lipinski definition) is 1. The van der Waals surface area contributed by atoms with Crippen LogP contribution in [0.4, 0.5) is 0 Å². The number of rotatable bonds is 9. The van der Waals surface area contributed by atoms with E-state index in [4.69, 9.17) is 4.89 Å². The van der Waals surface area contributed by atoms with Crippen LogP contribution >= 0.6 is 15.2 Å². The Balaban J connectivity index is -0.000000427. The van der Waals surface area contributed by atoms with E-state index in [2.05, 4.69) is 0 Å². The molecule has 0 amide bonds. The Labute approximate surface area is 248 Å². The number of hydrogen-bond acceptors (Lipinski definition) is 6. The van der Waals surface area contributed by atoms with Gasteiger partial charge in [0, 0.05) is 6.29 Å². The number of nitrogens with zero attached hydrogens (tertiary/aromatic N) is 1. The summed E-state index contributed by atoms with van der Waals surface area (Å²) in [5, 5.41) is 0. The molecule has 1 N–H and O–H groups in total. The fourth-order valence-electron chi connectivity index (χ4n) is 1.45. The zero-order valence-electron chi connectivity index (χ0n) is 12.8. The Morgan fingerprint density at radius 2 is 1.45 bits per heavy atom. The molecule has 104 valence electrons. The van der Waals surface area contributed by atoms with Crippen molar-refractivity contribution in [3.05, 3.63) is 0 Å². The summed E-state index contributed by atoms with van der Waals surface area (Å²) in [5.74, 6) is 0. The molecule has 7 nitrogen and oxygen atoms in total. The smallest absolute Gasteiger partial charge is 0.810 e. The van der Waals surface area contributed by atoms with E-state index in [1.807, 2.05) is 6.92 Å². The quantitative estimate of drug-likeness (QED) is 0.230. The molecule has 0 rings (SSSR count). The third-order valence-electron chi connectivity index (χ3n) is 2.08. The van der Waals surface area contributed by atoms with Crippen molar-refractivity contribution in [3.8, 4) is 0 Å². The Hall–Kier alpha value is 5.17. The van der Waals surface area contributed by atoms with Gasteiger partial charge in [-0.3, -0.25) is 4.90 Å². The van der Waals surface area contributed by atoms with Gasteiger partial charge in [-0.1, -0.05) is 33.8 Å². The van der Waals surface area contributed by atoms with Gasteiger partial charge in [0.05, 0.1) is 6.29 Å². The van der Waals surface area contributed by atoms with Gasteiger partial charge in [0.2, 0.25) is 0 Å². The van der Waals surface area contributed by atoms with Crippen LogP contribution in [0.15, 0.2) is 0 Å². The van der Waals surface area contributed by atoms with Gasteiger partial charge in [0.25, 0.3) is 0 Å². The predicted molar refractivity (Wildman–Crippen MR) is 58.0 cm³/mol. The Morgan fingerprint density at radius 3 is 1.80 bits per heavy atom. The zero-order chi connectivity index (χ0) is 13.5. The second-order valence-corrected chi connectivity index (χ2v) is 7.05. The van der Waals surface area contributed by atoms with Crippen molar-refractivity contribution in [1.82, 2.24) is 4.90 Å². The summed E-state index contributed by atoms with van der Waals surface area (Å²) in [4.78, 5) is 41.4. The molecule has 0 spiro atoms.